The summed E-state index contributed by atoms with van der Waals surface area (Å²) in [6, 6.07) is 24.0. The number of aromatic nitrogens is 2. The van der Waals surface area contributed by atoms with Crippen molar-refractivity contribution in [3.8, 4) is 5.75 Å². The molecule has 1 aromatic heterocycles. The van der Waals surface area contributed by atoms with E-state index in [4.69, 9.17) is 9.72 Å². The van der Waals surface area contributed by atoms with Crippen LogP contribution in [0.25, 0.3) is 11.0 Å². The molecule has 4 aromatic rings. The van der Waals surface area contributed by atoms with E-state index in [2.05, 4.69) is 35.0 Å². The molecule has 3 aromatic carbocycles. The Bertz CT molecular complexity index is 1230. The molecule has 0 atom stereocenters. The first-order valence-corrected chi connectivity index (χ1v) is 11.6. The monoisotopic (exact) mass is 441 g/mol. The molecule has 4 rings (SSSR count). The predicted molar refractivity (Wildman–Crippen MR) is 133 cm³/mol. The fraction of sp³-hybridized carbons (Fsp3) is 0.286. The molecular weight excluding hydrogens is 410 g/mol. The smallest absolute Gasteiger partial charge is 0.251 e. The minimum Gasteiger partial charge on any atom is -0.494 e. The summed E-state index contributed by atoms with van der Waals surface area (Å²) >= 11 is 0. The molecule has 0 radical (unpaired) electrons. The van der Waals surface area contributed by atoms with Crippen molar-refractivity contribution in [2.45, 2.75) is 39.7 Å². The van der Waals surface area contributed by atoms with Gasteiger partial charge in [0.2, 0.25) is 0 Å². The number of nitrogens with one attached hydrogen (secondary N) is 1. The number of rotatable bonds is 10. The fourth-order valence-electron chi connectivity index (χ4n) is 4.04. The summed E-state index contributed by atoms with van der Waals surface area (Å²) in [7, 11) is 0. The van der Waals surface area contributed by atoms with E-state index >= 15 is 0 Å². The number of fused-ring (bicyclic) bond motifs is 1. The van der Waals surface area contributed by atoms with Crippen molar-refractivity contribution < 1.29 is 9.53 Å². The molecule has 1 heterocycles. The molecule has 0 saturated carbocycles. The average Bonchev–Trinajstić information content (AvgIpc) is 3.16. The molecule has 0 unspecified atom stereocenters. The average molecular weight is 442 g/mol. The summed E-state index contributed by atoms with van der Waals surface area (Å²) in [6.07, 6.45) is 2.64. The summed E-state index contributed by atoms with van der Waals surface area (Å²) in [6.45, 7) is 6.14. The van der Waals surface area contributed by atoms with Crippen LogP contribution in [0.2, 0.25) is 0 Å². The van der Waals surface area contributed by atoms with Crippen molar-refractivity contribution >= 4 is 16.9 Å². The van der Waals surface area contributed by atoms with Crippen LogP contribution in [0.15, 0.2) is 72.8 Å². The second-order valence-corrected chi connectivity index (χ2v) is 8.36. The van der Waals surface area contributed by atoms with Crippen molar-refractivity contribution in [1.82, 2.24) is 14.9 Å². The van der Waals surface area contributed by atoms with Gasteiger partial charge in [-0.15, -0.1) is 0 Å². The van der Waals surface area contributed by atoms with Gasteiger partial charge in [-0.25, -0.2) is 4.98 Å². The number of imidazole rings is 1. The fourth-order valence-corrected chi connectivity index (χ4v) is 4.04. The molecule has 5 nitrogen and oxygen atoms in total. The van der Waals surface area contributed by atoms with Crippen molar-refractivity contribution in [3.05, 3.63) is 95.3 Å². The standard InChI is InChI=1S/C28H31N3O2/c1-21-10-9-12-23(20-21)33-19-8-7-18-31-26-15-6-5-14-25(26)30-27(31)16-17-29-28(32)24-13-4-3-11-22(24)2/h3-6,9-15,20H,7-8,16-19H2,1-2H3,(H,29,32). The summed E-state index contributed by atoms with van der Waals surface area (Å²) in [5, 5.41) is 3.05. The van der Waals surface area contributed by atoms with Crippen LogP contribution in [-0.4, -0.2) is 28.6 Å². The van der Waals surface area contributed by atoms with Gasteiger partial charge in [0, 0.05) is 25.1 Å². The molecule has 170 valence electrons. The predicted octanol–water partition coefficient (Wildman–Crippen LogP) is 5.48. The summed E-state index contributed by atoms with van der Waals surface area (Å²) in [4.78, 5) is 17.4. The van der Waals surface area contributed by atoms with Gasteiger partial charge < -0.3 is 14.6 Å². The SMILES string of the molecule is Cc1cccc(OCCCCn2c(CCNC(=O)c3ccccc3C)nc3ccccc32)c1. The largest absolute Gasteiger partial charge is 0.494 e. The zero-order chi connectivity index (χ0) is 23.0. The molecule has 1 amide bonds. The van der Waals surface area contributed by atoms with Gasteiger partial charge in [0.1, 0.15) is 11.6 Å². The van der Waals surface area contributed by atoms with E-state index in [0.29, 0.717) is 19.6 Å². The number of aryl methyl sites for hydroxylation is 3. The molecule has 0 saturated heterocycles. The Morgan fingerprint density at radius 3 is 2.64 bits per heavy atom. The van der Waals surface area contributed by atoms with E-state index in [9.17, 15) is 4.79 Å². The number of nitrogens with zero attached hydrogens (tertiary/aromatic N) is 2. The van der Waals surface area contributed by atoms with Gasteiger partial charge in [0.25, 0.3) is 5.91 Å². The van der Waals surface area contributed by atoms with Crippen molar-refractivity contribution in [3.63, 3.8) is 0 Å². The maximum absolute atomic E-state index is 12.5. The highest BCUT2D eigenvalue weighted by atomic mass is 16.5. The zero-order valence-corrected chi connectivity index (χ0v) is 19.4. The van der Waals surface area contributed by atoms with Crippen LogP contribution in [0.3, 0.4) is 0 Å². The van der Waals surface area contributed by atoms with Gasteiger partial charge in [0.05, 0.1) is 17.6 Å². The highest BCUT2D eigenvalue weighted by molar-refractivity contribution is 5.95. The van der Waals surface area contributed by atoms with Gasteiger partial charge in [-0.05, 0) is 68.1 Å². The Balaban J connectivity index is 1.34. The molecule has 0 aliphatic heterocycles. The number of hydrogen-bond acceptors (Lipinski definition) is 3. The number of para-hydroxylation sites is 2. The third-order valence-electron chi connectivity index (χ3n) is 5.79. The summed E-state index contributed by atoms with van der Waals surface area (Å²) < 4.78 is 8.17. The van der Waals surface area contributed by atoms with E-state index in [1.165, 1.54) is 5.56 Å². The van der Waals surface area contributed by atoms with Gasteiger partial charge in [-0.1, -0.05) is 42.5 Å². The van der Waals surface area contributed by atoms with Crippen molar-refractivity contribution in [1.29, 1.82) is 0 Å². The van der Waals surface area contributed by atoms with Crippen molar-refractivity contribution in [2.75, 3.05) is 13.2 Å². The van der Waals surface area contributed by atoms with E-state index in [-0.39, 0.29) is 5.91 Å². The zero-order valence-electron chi connectivity index (χ0n) is 19.4. The maximum Gasteiger partial charge on any atom is 0.251 e. The first-order valence-electron chi connectivity index (χ1n) is 11.6. The Labute approximate surface area is 195 Å². The Morgan fingerprint density at radius 2 is 1.79 bits per heavy atom. The lowest BCUT2D eigenvalue weighted by atomic mass is 10.1. The van der Waals surface area contributed by atoms with Gasteiger partial charge in [-0.3, -0.25) is 4.79 Å². The van der Waals surface area contributed by atoms with Crippen LogP contribution in [0.5, 0.6) is 5.75 Å². The molecule has 0 fully saturated rings. The molecule has 0 aliphatic carbocycles. The lowest BCUT2D eigenvalue weighted by Crippen LogP contribution is -2.27. The van der Waals surface area contributed by atoms with Crippen LogP contribution in [-0.2, 0) is 13.0 Å². The van der Waals surface area contributed by atoms with E-state index < -0.39 is 0 Å². The number of ether oxygens (including phenoxy) is 1. The van der Waals surface area contributed by atoms with Gasteiger partial charge >= 0.3 is 0 Å². The minimum atomic E-state index is -0.0379. The molecule has 0 bridgehead atoms. The molecule has 33 heavy (non-hydrogen) atoms. The van der Waals surface area contributed by atoms with E-state index in [0.717, 1.165) is 53.1 Å². The molecule has 0 spiro atoms. The third kappa shape index (κ3) is 5.80. The number of hydrogen-bond donors (Lipinski definition) is 1. The number of unbranched alkanes of at least 4 members (excludes halogenated alkanes) is 1. The Hall–Kier alpha value is -3.60. The molecule has 1 N–H and O–H groups in total. The van der Waals surface area contributed by atoms with Crippen LogP contribution in [0.1, 0.15) is 40.2 Å². The lowest BCUT2D eigenvalue weighted by Gasteiger charge is -2.11. The minimum absolute atomic E-state index is 0.0379. The third-order valence-corrected chi connectivity index (χ3v) is 5.79. The van der Waals surface area contributed by atoms with Crippen LogP contribution < -0.4 is 10.1 Å². The summed E-state index contributed by atoms with van der Waals surface area (Å²) in [5.74, 6) is 1.89. The number of carbonyl (C=O) groups is 1. The van der Waals surface area contributed by atoms with Crippen LogP contribution >= 0.6 is 0 Å². The molecular formula is C28H31N3O2. The van der Waals surface area contributed by atoms with Gasteiger partial charge in [-0.2, -0.15) is 0 Å². The maximum atomic E-state index is 12.5. The number of carbonyl (C=O) groups excluding carboxylic acids is 1. The summed E-state index contributed by atoms with van der Waals surface area (Å²) in [5.41, 5.74) is 5.04. The normalized spacial score (nSPS) is 11.0. The van der Waals surface area contributed by atoms with Crippen molar-refractivity contribution in [2.24, 2.45) is 0 Å². The highest BCUT2D eigenvalue weighted by Crippen LogP contribution is 2.18. The van der Waals surface area contributed by atoms with E-state index in [1.807, 2.05) is 61.5 Å². The second kappa shape index (κ2) is 10.8. The lowest BCUT2D eigenvalue weighted by molar-refractivity contribution is 0.0953. The quantitative estimate of drug-likeness (QED) is 0.331. The van der Waals surface area contributed by atoms with Gasteiger partial charge in [0.15, 0.2) is 0 Å². The first-order chi connectivity index (χ1) is 16.1. The topological polar surface area (TPSA) is 56.1 Å². The highest BCUT2D eigenvalue weighted by Gasteiger charge is 2.12. The number of benzene rings is 3. The molecule has 0 aliphatic rings. The van der Waals surface area contributed by atoms with Crippen LogP contribution in [0.4, 0.5) is 0 Å². The van der Waals surface area contributed by atoms with Crippen LogP contribution in [0, 0.1) is 13.8 Å². The Kier molecular flexibility index (Phi) is 7.40. The van der Waals surface area contributed by atoms with E-state index in [1.54, 1.807) is 0 Å². The Morgan fingerprint density at radius 1 is 0.970 bits per heavy atom. The molecule has 5 heteroatoms. The number of amides is 1. The second-order valence-electron chi connectivity index (χ2n) is 8.36. The first kappa shape index (κ1) is 22.6.